The number of hydrogen-bond donors (Lipinski definition) is 0. The van der Waals surface area contributed by atoms with Crippen LogP contribution < -0.4 is 4.74 Å². The van der Waals surface area contributed by atoms with Crippen LogP contribution in [0.5, 0.6) is 5.75 Å². The molecule has 0 unspecified atom stereocenters. The second-order valence-electron chi connectivity index (χ2n) is 5.76. The van der Waals surface area contributed by atoms with Crippen LogP contribution in [0.2, 0.25) is 0 Å². The topological polar surface area (TPSA) is 56.5 Å². The number of furan rings is 1. The summed E-state index contributed by atoms with van der Waals surface area (Å²) in [4.78, 5) is 22.4. The van der Waals surface area contributed by atoms with Crippen LogP contribution in [0.4, 0.5) is 0 Å². The molecule has 22 heavy (non-hydrogen) atoms. The Bertz CT molecular complexity index is 448. The molecular weight excluding hydrogens is 280 g/mol. The molecule has 1 aromatic rings. The van der Waals surface area contributed by atoms with E-state index in [2.05, 4.69) is 6.92 Å². The van der Waals surface area contributed by atoms with E-state index in [4.69, 9.17) is 9.15 Å². The van der Waals surface area contributed by atoms with Crippen LogP contribution in [0.1, 0.15) is 87.3 Å². The Hall–Kier alpha value is -1.58. The molecule has 0 fully saturated rings. The Morgan fingerprint density at radius 2 is 1.68 bits per heavy atom. The van der Waals surface area contributed by atoms with Gasteiger partial charge in [-0.3, -0.25) is 9.59 Å². The summed E-state index contributed by atoms with van der Waals surface area (Å²) in [6.45, 7) is 3.93. The average molecular weight is 308 g/mol. The van der Waals surface area contributed by atoms with Crippen LogP contribution in [0, 0.1) is 6.92 Å². The largest absolute Gasteiger partial charge is 0.457 e. The molecule has 0 aliphatic carbocycles. The van der Waals surface area contributed by atoms with Crippen molar-refractivity contribution in [2.45, 2.75) is 78.1 Å². The lowest BCUT2D eigenvalue weighted by Gasteiger charge is -2.03. The molecule has 0 aromatic carbocycles. The minimum Gasteiger partial charge on any atom is -0.457 e. The highest BCUT2D eigenvalue weighted by Gasteiger charge is 2.13. The standard InChI is InChI=1S/C18H28O4/c1-3-4-5-6-7-8-9-10-11-12-18(20)22-17-14-21-16(13-19)15(17)2/h13-14H,3-12H2,1-2H3. The summed E-state index contributed by atoms with van der Waals surface area (Å²) < 4.78 is 10.2. The van der Waals surface area contributed by atoms with Gasteiger partial charge in [-0.15, -0.1) is 0 Å². The molecule has 1 aromatic heterocycles. The Kier molecular flexibility index (Phi) is 9.28. The Labute approximate surface area is 133 Å². The summed E-state index contributed by atoms with van der Waals surface area (Å²) in [5.74, 6) is 0.304. The van der Waals surface area contributed by atoms with E-state index in [1.54, 1.807) is 6.92 Å². The van der Waals surface area contributed by atoms with Gasteiger partial charge in [-0.05, 0) is 13.3 Å². The van der Waals surface area contributed by atoms with Crippen molar-refractivity contribution in [3.05, 3.63) is 17.6 Å². The number of ether oxygens (including phenoxy) is 1. The SMILES string of the molecule is CCCCCCCCCCCC(=O)Oc1coc(C=O)c1C. The maximum Gasteiger partial charge on any atom is 0.311 e. The summed E-state index contributed by atoms with van der Waals surface area (Å²) in [5.41, 5.74) is 0.579. The van der Waals surface area contributed by atoms with Gasteiger partial charge in [0.15, 0.2) is 17.8 Å². The first-order valence-electron chi connectivity index (χ1n) is 8.43. The molecule has 0 saturated heterocycles. The Morgan fingerprint density at radius 3 is 2.23 bits per heavy atom. The minimum atomic E-state index is -0.260. The second-order valence-corrected chi connectivity index (χ2v) is 5.76. The monoisotopic (exact) mass is 308 g/mol. The fourth-order valence-electron chi connectivity index (χ4n) is 2.39. The zero-order valence-corrected chi connectivity index (χ0v) is 13.9. The van der Waals surface area contributed by atoms with Crippen LogP contribution in [0.25, 0.3) is 0 Å². The van der Waals surface area contributed by atoms with E-state index in [0.29, 0.717) is 24.0 Å². The zero-order chi connectivity index (χ0) is 16.2. The van der Waals surface area contributed by atoms with Gasteiger partial charge in [0, 0.05) is 12.0 Å². The zero-order valence-electron chi connectivity index (χ0n) is 13.9. The van der Waals surface area contributed by atoms with Gasteiger partial charge in [-0.1, -0.05) is 58.3 Å². The molecule has 1 rings (SSSR count). The first-order valence-corrected chi connectivity index (χ1v) is 8.43. The van der Waals surface area contributed by atoms with Crippen LogP contribution in [0.3, 0.4) is 0 Å². The predicted octanol–water partition coefficient (Wildman–Crippen LogP) is 5.23. The number of unbranched alkanes of at least 4 members (excludes halogenated alkanes) is 8. The summed E-state index contributed by atoms with van der Waals surface area (Å²) >= 11 is 0. The second kappa shape index (κ2) is 11.0. The van der Waals surface area contributed by atoms with E-state index < -0.39 is 0 Å². The van der Waals surface area contributed by atoms with Crippen molar-refractivity contribution in [2.24, 2.45) is 0 Å². The fraction of sp³-hybridized carbons (Fsp3) is 0.667. The molecule has 0 N–H and O–H groups in total. The van der Waals surface area contributed by atoms with E-state index >= 15 is 0 Å². The van der Waals surface area contributed by atoms with Crippen molar-refractivity contribution in [2.75, 3.05) is 0 Å². The molecule has 1 heterocycles. The van der Waals surface area contributed by atoms with Crippen molar-refractivity contribution in [3.63, 3.8) is 0 Å². The summed E-state index contributed by atoms with van der Waals surface area (Å²) in [6, 6.07) is 0. The first-order chi connectivity index (χ1) is 10.7. The summed E-state index contributed by atoms with van der Waals surface area (Å²) in [5, 5.41) is 0. The van der Waals surface area contributed by atoms with Crippen LogP contribution in [-0.2, 0) is 4.79 Å². The Balaban J connectivity index is 2.06. The van der Waals surface area contributed by atoms with Gasteiger partial charge in [0.2, 0.25) is 0 Å². The molecule has 0 aliphatic heterocycles. The number of esters is 1. The van der Waals surface area contributed by atoms with Crippen molar-refractivity contribution in [1.29, 1.82) is 0 Å². The normalized spacial score (nSPS) is 10.6. The van der Waals surface area contributed by atoms with Crippen LogP contribution in [0.15, 0.2) is 10.7 Å². The third kappa shape index (κ3) is 6.92. The lowest BCUT2D eigenvalue weighted by Crippen LogP contribution is -2.07. The van der Waals surface area contributed by atoms with Gasteiger partial charge >= 0.3 is 5.97 Å². The first kappa shape index (κ1) is 18.5. The number of rotatable bonds is 12. The average Bonchev–Trinajstić information content (AvgIpc) is 2.86. The maximum absolute atomic E-state index is 11.7. The van der Waals surface area contributed by atoms with Crippen molar-refractivity contribution >= 4 is 12.3 Å². The van der Waals surface area contributed by atoms with Gasteiger partial charge in [-0.25, -0.2) is 0 Å². The highest BCUT2D eigenvalue weighted by atomic mass is 16.5. The fourth-order valence-corrected chi connectivity index (χ4v) is 2.39. The van der Waals surface area contributed by atoms with Gasteiger partial charge in [0.25, 0.3) is 0 Å². The van der Waals surface area contributed by atoms with Gasteiger partial charge in [-0.2, -0.15) is 0 Å². The number of hydrogen-bond acceptors (Lipinski definition) is 4. The third-order valence-corrected chi connectivity index (χ3v) is 3.85. The summed E-state index contributed by atoms with van der Waals surface area (Å²) in [6.07, 6.45) is 13.3. The lowest BCUT2D eigenvalue weighted by molar-refractivity contribution is -0.134. The minimum absolute atomic E-state index is 0.214. The van der Waals surface area contributed by atoms with E-state index in [1.807, 2.05) is 0 Å². The van der Waals surface area contributed by atoms with Crippen molar-refractivity contribution in [3.8, 4) is 5.75 Å². The van der Waals surface area contributed by atoms with Gasteiger partial charge in [0.1, 0.15) is 6.26 Å². The van der Waals surface area contributed by atoms with Crippen LogP contribution >= 0.6 is 0 Å². The van der Waals surface area contributed by atoms with E-state index in [0.717, 1.165) is 12.8 Å². The summed E-state index contributed by atoms with van der Waals surface area (Å²) in [7, 11) is 0. The molecule has 0 aliphatic rings. The maximum atomic E-state index is 11.7. The highest BCUT2D eigenvalue weighted by molar-refractivity contribution is 5.77. The number of carbonyl (C=O) groups excluding carboxylic acids is 2. The molecule has 0 atom stereocenters. The molecule has 0 spiro atoms. The molecule has 124 valence electrons. The molecule has 0 saturated carbocycles. The van der Waals surface area contributed by atoms with Crippen molar-refractivity contribution < 1.29 is 18.7 Å². The third-order valence-electron chi connectivity index (χ3n) is 3.85. The van der Waals surface area contributed by atoms with Gasteiger partial charge in [0.05, 0.1) is 0 Å². The van der Waals surface area contributed by atoms with E-state index in [-0.39, 0.29) is 11.7 Å². The number of carbonyl (C=O) groups is 2. The Morgan fingerprint density at radius 1 is 1.09 bits per heavy atom. The molecular formula is C18H28O4. The number of aldehydes is 1. The molecule has 4 nitrogen and oxygen atoms in total. The smallest absolute Gasteiger partial charge is 0.311 e. The van der Waals surface area contributed by atoms with E-state index in [1.165, 1.54) is 51.2 Å². The van der Waals surface area contributed by atoms with E-state index in [9.17, 15) is 9.59 Å². The quantitative estimate of drug-likeness (QED) is 0.301. The molecule has 0 amide bonds. The van der Waals surface area contributed by atoms with Crippen molar-refractivity contribution in [1.82, 2.24) is 0 Å². The van der Waals surface area contributed by atoms with Crippen LogP contribution in [-0.4, -0.2) is 12.3 Å². The highest BCUT2D eigenvalue weighted by Crippen LogP contribution is 2.23. The predicted molar refractivity (Wildman–Crippen MR) is 86.3 cm³/mol. The molecule has 0 radical (unpaired) electrons. The molecule has 4 heteroatoms. The van der Waals surface area contributed by atoms with Gasteiger partial charge < -0.3 is 9.15 Å². The lowest BCUT2D eigenvalue weighted by atomic mass is 10.1. The molecule has 0 bridgehead atoms.